The molecule has 0 saturated heterocycles. The summed E-state index contributed by atoms with van der Waals surface area (Å²) in [5, 5.41) is 4.48. The molecule has 20 heavy (non-hydrogen) atoms. The van der Waals surface area contributed by atoms with Crippen molar-refractivity contribution in [2.75, 3.05) is 19.0 Å². The SMILES string of the molecule is CCCNc1nc2c(Br)ccc(OC)c2cc1C(C)C. The van der Waals surface area contributed by atoms with Gasteiger partial charge in [-0.1, -0.05) is 20.8 Å². The molecule has 0 atom stereocenters. The lowest BCUT2D eigenvalue weighted by Crippen LogP contribution is -2.07. The van der Waals surface area contributed by atoms with Gasteiger partial charge in [-0.05, 0) is 52.0 Å². The molecule has 1 aromatic carbocycles. The van der Waals surface area contributed by atoms with E-state index in [4.69, 9.17) is 9.72 Å². The van der Waals surface area contributed by atoms with Crippen LogP contribution < -0.4 is 10.1 Å². The predicted octanol–water partition coefficient (Wildman–Crippen LogP) is 4.95. The van der Waals surface area contributed by atoms with Crippen molar-refractivity contribution in [3.8, 4) is 5.75 Å². The van der Waals surface area contributed by atoms with Gasteiger partial charge in [0.2, 0.25) is 0 Å². The summed E-state index contributed by atoms with van der Waals surface area (Å²) in [5.41, 5.74) is 2.16. The van der Waals surface area contributed by atoms with Gasteiger partial charge in [0, 0.05) is 16.4 Å². The third-order valence-corrected chi connectivity index (χ3v) is 3.95. The highest BCUT2D eigenvalue weighted by Crippen LogP contribution is 2.35. The second kappa shape index (κ2) is 6.44. The van der Waals surface area contributed by atoms with Gasteiger partial charge < -0.3 is 10.1 Å². The molecule has 0 spiro atoms. The Morgan fingerprint density at radius 1 is 1.35 bits per heavy atom. The van der Waals surface area contributed by atoms with Crippen molar-refractivity contribution >= 4 is 32.7 Å². The highest BCUT2D eigenvalue weighted by Gasteiger charge is 2.14. The van der Waals surface area contributed by atoms with Gasteiger partial charge in [0.15, 0.2) is 0 Å². The maximum absolute atomic E-state index is 5.46. The molecule has 0 unspecified atom stereocenters. The molecule has 0 fully saturated rings. The summed E-state index contributed by atoms with van der Waals surface area (Å²) in [4.78, 5) is 4.80. The lowest BCUT2D eigenvalue weighted by atomic mass is 10.0. The summed E-state index contributed by atoms with van der Waals surface area (Å²) >= 11 is 3.58. The van der Waals surface area contributed by atoms with Crippen molar-refractivity contribution < 1.29 is 4.74 Å². The van der Waals surface area contributed by atoms with Gasteiger partial charge in [0.05, 0.1) is 12.6 Å². The van der Waals surface area contributed by atoms with Crippen LogP contribution in [-0.4, -0.2) is 18.6 Å². The number of benzene rings is 1. The minimum absolute atomic E-state index is 0.412. The van der Waals surface area contributed by atoms with Crippen LogP contribution in [0.3, 0.4) is 0 Å². The third kappa shape index (κ3) is 2.90. The molecule has 0 aliphatic carbocycles. The number of fused-ring (bicyclic) bond motifs is 1. The number of nitrogens with zero attached hydrogens (tertiary/aromatic N) is 1. The number of pyridine rings is 1. The van der Waals surface area contributed by atoms with Gasteiger partial charge in [0.1, 0.15) is 11.6 Å². The Balaban J connectivity index is 2.67. The third-order valence-electron chi connectivity index (χ3n) is 3.31. The summed E-state index contributed by atoms with van der Waals surface area (Å²) < 4.78 is 6.45. The average molecular weight is 337 g/mol. The van der Waals surface area contributed by atoms with Gasteiger partial charge in [-0.25, -0.2) is 4.98 Å². The molecule has 0 aliphatic heterocycles. The lowest BCUT2D eigenvalue weighted by molar-refractivity contribution is 0.419. The summed E-state index contributed by atoms with van der Waals surface area (Å²) in [7, 11) is 1.70. The second-order valence-corrected chi connectivity index (χ2v) is 6.01. The maximum atomic E-state index is 5.46. The van der Waals surface area contributed by atoms with E-state index in [-0.39, 0.29) is 0 Å². The van der Waals surface area contributed by atoms with Crippen LogP contribution in [-0.2, 0) is 0 Å². The smallest absolute Gasteiger partial charge is 0.130 e. The molecule has 1 N–H and O–H groups in total. The van der Waals surface area contributed by atoms with Crippen LogP contribution >= 0.6 is 15.9 Å². The Bertz CT molecular complexity index is 611. The number of ether oxygens (including phenoxy) is 1. The van der Waals surface area contributed by atoms with Crippen molar-refractivity contribution in [2.45, 2.75) is 33.1 Å². The molecule has 0 bridgehead atoms. The molecule has 0 amide bonds. The first kappa shape index (κ1) is 15.1. The fourth-order valence-electron chi connectivity index (χ4n) is 2.22. The van der Waals surface area contributed by atoms with Crippen molar-refractivity contribution in [2.24, 2.45) is 0 Å². The topological polar surface area (TPSA) is 34.2 Å². The van der Waals surface area contributed by atoms with Gasteiger partial charge in [-0.15, -0.1) is 0 Å². The fraction of sp³-hybridized carbons (Fsp3) is 0.438. The van der Waals surface area contributed by atoms with E-state index in [0.29, 0.717) is 5.92 Å². The number of halogens is 1. The number of hydrogen-bond acceptors (Lipinski definition) is 3. The van der Waals surface area contributed by atoms with Gasteiger partial charge >= 0.3 is 0 Å². The average Bonchev–Trinajstić information content (AvgIpc) is 2.45. The van der Waals surface area contributed by atoms with E-state index in [1.54, 1.807) is 7.11 Å². The zero-order chi connectivity index (χ0) is 14.7. The van der Waals surface area contributed by atoms with E-state index in [9.17, 15) is 0 Å². The van der Waals surface area contributed by atoms with Crippen LogP contribution in [0.2, 0.25) is 0 Å². The lowest BCUT2D eigenvalue weighted by Gasteiger charge is -2.16. The number of hydrogen-bond donors (Lipinski definition) is 1. The minimum Gasteiger partial charge on any atom is -0.496 e. The van der Waals surface area contributed by atoms with E-state index in [0.717, 1.165) is 39.9 Å². The first-order valence-electron chi connectivity index (χ1n) is 6.99. The molecule has 0 aliphatic rings. The number of aromatic nitrogens is 1. The molecule has 1 aromatic heterocycles. The normalized spacial score (nSPS) is 11.1. The van der Waals surface area contributed by atoms with E-state index >= 15 is 0 Å². The molecular weight excluding hydrogens is 316 g/mol. The van der Waals surface area contributed by atoms with E-state index in [1.807, 2.05) is 12.1 Å². The molecule has 4 heteroatoms. The van der Waals surface area contributed by atoms with Gasteiger partial charge in [0.25, 0.3) is 0 Å². The highest BCUT2D eigenvalue weighted by atomic mass is 79.9. The molecule has 2 aromatic rings. The van der Waals surface area contributed by atoms with Crippen molar-refractivity contribution in [1.29, 1.82) is 0 Å². The van der Waals surface area contributed by atoms with E-state index in [1.165, 1.54) is 5.56 Å². The van der Waals surface area contributed by atoms with Crippen LogP contribution in [0.5, 0.6) is 5.75 Å². The zero-order valence-corrected chi connectivity index (χ0v) is 14.0. The maximum Gasteiger partial charge on any atom is 0.130 e. The molecular formula is C16H21BrN2O. The standard InChI is InChI=1S/C16H21BrN2O/c1-5-8-18-16-11(10(2)3)9-12-14(20-4)7-6-13(17)15(12)19-16/h6-7,9-10H,5,8H2,1-4H3,(H,18,19). The molecule has 2 rings (SSSR count). The first-order chi connectivity index (χ1) is 9.58. The van der Waals surface area contributed by atoms with Crippen molar-refractivity contribution in [3.63, 3.8) is 0 Å². The predicted molar refractivity (Wildman–Crippen MR) is 88.9 cm³/mol. The molecule has 3 nitrogen and oxygen atoms in total. The number of nitrogens with one attached hydrogen (secondary N) is 1. The summed E-state index contributed by atoms with van der Waals surface area (Å²) in [6.07, 6.45) is 1.08. The largest absolute Gasteiger partial charge is 0.496 e. The Morgan fingerprint density at radius 2 is 2.10 bits per heavy atom. The quantitative estimate of drug-likeness (QED) is 0.838. The summed E-state index contributed by atoms with van der Waals surface area (Å²) in [5.74, 6) is 2.25. The first-order valence-corrected chi connectivity index (χ1v) is 7.78. The Labute approximate surface area is 128 Å². The van der Waals surface area contributed by atoms with Crippen molar-refractivity contribution in [1.82, 2.24) is 4.98 Å². The zero-order valence-electron chi connectivity index (χ0n) is 12.5. The Hall–Kier alpha value is -1.29. The summed E-state index contributed by atoms with van der Waals surface area (Å²) in [6.45, 7) is 7.46. The fourth-order valence-corrected chi connectivity index (χ4v) is 2.65. The Morgan fingerprint density at radius 3 is 2.70 bits per heavy atom. The van der Waals surface area contributed by atoms with Crippen LogP contribution in [0.4, 0.5) is 5.82 Å². The molecule has 0 saturated carbocycles. The van der Waals surface area contributed by atoms with Crippen LogP contribution in [0, 0.1) is 0 Å². The minimum atomic E-state index is 0.412. The molecule has 0 radical (unpaired) electrons. The van der Waals surface area contributed by atoms with E-state index in [2.05, 4.69) is 48.1 Å². The van der Waals surface area contributed by atoms with E-state index < -0.39 is 0 Å². The monoisotopic (exact) mass is 336 g/mol. The van der Waals surface area contributed by atoms with Gasteiger partial charge in [-0.2, -0.15) is 0 Å². The number of rotatable bonds is 5. The highest BCUT2D eigenvalue weighted by molar-refractivity contribution is 9.10. The van der Waals surface area contributed by atoms with Crippen molar-refractivity contribution in [3.05, 3.63) is 28.2 Å². The van der Waals surface area contributed by atoms with Crippen LogP contribution in [0.1, 0.15) is 38.7 Å². The Kier molecular flexibility index (Phi) is 4.86. The van der Waals surface area contributed by atoms with Gasteiger partial charge in [-0.3, -0.25) is 0 Å². The second-order valence-electron chi connectivity index (χ2n) is 5.15. The molecule has 108 valence electrons. The number of anilines is 1. The molecule has 1 heterocycles. The van der Waals surface area contributed by atoms with Crippen LogP contribution in [0.25, 0.3) is 10.9 Å². The number of methoxy groups -OCH3 is 1. The summed E-state index contributed by atoms with van der Waals surface area (Å²) in [6, 6.07) is 6.14. The van der Waals surface area contributed by atoms with Crippen LogP contribution in [0.15, 0.2) is 22.7 Å².